The molecule has 0 aromatic heterocycles. The fourth-order valence-electron chi connectivity index (χ4n) is 2.56. The highest BCUT2D eigenvalue weighted by Crippen LogP contribution is 2.40. The van der Waals surface area contributed by atoms with Crippen molar-refractivity contribution in [2.75, 3.05) is 0 Å². The van der Waals surface area contributed by atoms with Crippen molar-refractivity contribution in [3.05, 3.63) is 47.1 Å². The molecule has 0 saturated carbocycles. The van der Waals surface area contributed by atoms with Crippen LogP contribution in [0.2, 0.25) is 0 Å². The third kappa shape index (κ3) is 4.90. The molecule has 0 radical (unpaired) electrons. The van der Waals surface area contributed by atoms with Gasteiger partial charge in [-0.15, -0.1) is 0 Å². The Kier molecular flexibility index (Phi) is 5.34. The van der Waals surface area contributed by atoms with Gasteiger partial charge in [0, 0.05) is 6.08 Å². The molecule has 0 aliphatic heterocycles. The quantitative estimate of drug-likeness (QED) is 0.590. The summed E-state index contributed by atoms with van der Waals surface area (Å²) in [6.45, 7) is 8.77. The SMILES string of the molecule is CC1=C(/C=C/C(C)=C/C=C/C(=O)O)C(C)(C)CCC1. The molecule has 0 aromatic carbocycles. The van der Waals surface area contributed by atoms with Gasteiger partial charge in [0.25, 0.3) is 0 Å². The number of hydrogen-bond donors (Lipinski definition) is 1. The van der Waals surface area contributed by atoms with Crippen LogP contribution in [-0.4, -0.2) is 11.1 Å². The Hall–Kier alpha value is -1.57. The van der Waals surface area contributed by atoms with Gasteiger partial charge in [0.15, 0.2) is 0 Å². The summed E-state index contributed by atoms with van der Waals surface area (Å²) in [6.07, 6.45) is 12.5. The zero-order valence-electron chi connectivity index (χ0n) is 12.4. The molecule has 19 heavy (non-hydrogen) atoms. The summed E-state index contributed by atoms with van der Waals surface area (Å²) in [5.74, 6) is -0.917. The van der Waals surface area contributed by atoms with E-state index in [2.05, 4.69) is 32.9 Å². The molecule has 1 aliphatic rings. The van der Waals surface area contributed by atoms with E-state index in [1.54, 1.807) is 6.08 Å². The van der Waals surface area contributed by atoms with E-state index in [1.807, 2.05) is 13.0 Å². The van der Waals surface area contributed by atoms with Crippen LogP contribution in [-0.2, 0) is 4.79 Å². The Bertz CT molecular complexity index is 460. The normalized spacial score (nSPS) is 20.5. The van der Waals surface area contributed by atoms with Gasteiger partial charge >= 0.3 is 5.97 Å². The van der Waals surface area contributed by atoms with E-state index in [1.165, 1.54) is 30.4 Å². The summed E-state index contributed by atoms with van der Waals surface area (Å²) in [6, 6.07) is 0. The molecule has 0 amide bonds. The first-order chi connectivity index (χ1) is 8.83. The molecular formula is C17H24O2. The maximum absolute atomic E-state index is 10.4. The second-order valence-electron chi connectivity index (χ2n) is 5.87. The molecule has 0 saturated heterocycles. The first-order valence-electron chi connectivity index (χ1n) is 6.79. The van der Waals surface area contributed by atoms with Gasteiger partial charge in [-0.25, -0.2) is 4.79 Å². The van der Waals surface area contributed by atoms with Crippen LogP contribution >= 0.6 is 0 Å². The van der Waals surface area contributed by atoms with Crippen LogP contribution in [0.25, 0.3) is 0 Å². The molecule has 0 heterocycles. The average Bonchev–Trinajstić information content (AvgIpc) is 2.26. The summed E-state index contributed by atoms with van der Waals surface area (Å²) in [5, 5.41) is 8.52. The van der Waals surface area contributed by atoms with E-state index in [9.17, 15) is 4.79 Å². The van der Waals surface area contributed by atoms with Gasteiger partial charge in [0.1, 0.15) is 0 Å². The fourth-order valence-corrected chi connectivity index (χ4v) is 2.56. The van der Waals surface area contributed by atoms with Gasteiger partial charge in [-0.2, -0.15) is 0 Å². The molecule has 0 fully saturated rings. The number of aliphatic carboxylic acids is 1. The van der Waals surface area contributed by atoms with Crippen molar-refractivity contribution < 1.29 is 9.90 Å². The first-order valence-corrected chi connectivity index (χ1v) is 6.79. The van der Waals surface area contributed by atoms with E-state index in [0.29, 0.717) is 0 Å². The third-order valence-corrected chi connectivity index (χ3v) is 3.65. The van der Waals surface area contributed by atoms with E-state index in [0.717, 1.165) is 11.6 Å². The second-order valence-corrected chi connectivity index (χ2v) is 5.87. The van der Waals surface area contributed by atoms with Crippen molar-refractivity contribution >= 4 is 5.97 Å². The topological polar surface area (TPSA) is 37.3 Å². The molecule has 2 heteroatoms. The lowest BCUT2D eigenvalue weighted by Crippen LogP contribution is -2.19. The van der Waals surface area contributed by atoms with Gasteiger partial charge in [-0.05, 0) is 44.1 Å². The van der Waals surface area contributed by atoms with Crippen molar-refractivity contribution in [1.82, 2.24) is 0 Å². The van der Waals surface area contributed by atoms with Crippen LogP contribution in [0.4, 0.5) is 0 Å². The van der Waals surface area contributed by atoms with E-state index in [-0.39, 0.29) is 5.41 Å². The lowest BCUT2D eigenvalue weighted by atomic mass is 9.72. The lowest BCUT2D eigenvalue weighted by molar-refractivity contribution is -0.131. The lowest BCUT2D eigenvalue weighted by Gasteiger charge is -2.32. The van der Waals surface area contributed by atoms with E-state index >= 15 is 0 Å². The van der Waals surface area contributed by atoms with Crippen LogP contribution in [0.5, 0.6) is 0 Å². The average molecular weight is 260 g/mol. The molecule has 2 nitrogen and oxygen atoms in total. The Morgan fingerprint density at radius 3 is 2.58 bits per heavy atom. The Morgan fingerprint density at radius 1 is 1.32 bits per heavy atom. The minimum absolute atomic E-state index is 0.246. The van der Waals surface area contributed by atoms with Crippen LogP contribution < -0.4 is 0 Å². The number of allylic oxidation sites excluding steroid dienone is 7. The summed E-state index contributed by atoms with van der Waals surface area (Å²) in [4.78, 5) is 10.4. The maximum atomic E-state index is 10.4. The summed E-state index contributed by atoms with van der Waals surface area (Å²) >= 11 is 0. The summed E-state index contributed by atoms with van der Waals surface area (Å²) < 4.78 is 0. The highest BCUT2D eigenvalue weighted by atomic mass is 16.4. The second kappa shape index (κ2) is 6.55. The molecule has 0 bridgehead atoms. The van der Waals surface area contributed by atoms with Crippen molar-refractivity contribution in [3.8, 4) is 0 Å². The Balaban J connectivity index is 2.83. The molecule has 1 rings (SSSR count). The molecule has 0 spiro atoms. The molecular weight excluding hydrogens is 236 g/mol. The Morgan fingerprint density at radius 2 is 2.00 bits per heavy atom. The maximum Gasteiger partial charge on any atom is 0.328 e. The van der Waals surface area contributed by atoms with Gasteiger partial charge in [0.2, 0.25) is 0 Å². The van der Waals surface area contributed by atoms with Crippen LogP contribution in [0.3, 0.4) is 0 Å². The van der Waals surface area contributed by atoms with Gasteiger partial charge < -0.3 is 5.11 Å². The molecule has 0 atom stereocenters. The zero-order chi connectivity index (χ0) is 14.5. The molecule has 1 aliphatic carbocycles. The molecule has 0 unspecified atom stereocenters. The molecule has 104 valence electrons. The van der Waals surface area contributed by atoms with Crippen LogP contribution in [0.1, 0.15) is 47.0 Å². The number of carbonyl (C=O) groups is 1. The summed E-state index contributed by atoms with van der Waals surface area (Å²) in [7, 11) is 0. The highest BCUT2D eigenvalue weighted by molar-refractivity contribution is 5.80. The molecule has 0 aromatic rings. The predicted molar refractivity (Wildman–Crippen MR) is 80.0 cm³/mol. The van der Waals surface area contributed by atoms with Crippen LogP contribution in [0, 0.1) is 5.41 Å². The van der Waals surface area contributed by atoms with Gasteiger partial charge in [-0.1, -0.05) is 49.3 Å². The monoisotopic (exact) mass is 260 g/mol. The smallest absolute Gasteiger partial charge is 0.328 e. The minimum Gasteiger partial charge on any atom is -0.478 e. The van der Waals surface area contributed by atoms with Crippen molar-refractivity contribution in [1.29, 1.82) is 0 Å². The number of carboxylic acid groups (broad SMARTS) is 1. The van der Waals surface area contributed by atoms with Crippen molar-refractivity contribution in [2.24, 2.45) is 5.41 Å². The van der Waals surface area contributed by atoms with E-state index in [4.69, 9.17) is 5.11 Å². The first kappa shape index (κ1) is 15.5. The van der Waals surface area contributed by atoms with Crippen LogP contribution in [0.15, 0.2) is 47.1 Å². The van der Waals surface area contributed by atoms with Gasteiger partial charge in [-0.3, -0.25) is 0 Å². The standard InChI is InChI=1S/C17H24O2/c1-13(7-5-9-16(18)19)10-11-15-14(2)8-6-12-17(15,3)4/h5,7,9-11H,6,8,12H2,1-4H3,(H,18,19)/b9-5+,11-10+,13-7+. The zero-order valence-corrected chi connectivity index (χ0v) is 12.4. The van der Waals surface area contributed by atoms with Crippen molar-refractivity contribution in [3.63, 3.8) is 0 Å². The number of carboxylic acids is 1. The van der Waals surface area contributed by atoms with E-state index < -0.39 is 5.97 Å². The highest BCUT2D eigenvalue weighted by Gasteiger charge is 2.26. The van der Waals surface area contributed by atoms with Gasteiger partial charge in [0.05, 0.1) is 0 Å². The third-order valence-electron chi connectivity index (χ3n) is 3.65. The fraction of sp³-hybridized carbons (Fsp3) is 0.471. The predicted octanol–water partition coefficient (Wildman–Crippen LogP) is 4.66. The number of hydrogen-bond acceptors (Lipinski definition) is 1. The summed E-state index contributed by atoms with van der Waals surface area (Å²) in [5.41, 5.74) is 4.20. The van der Waals surface area contributed by atoms with Crippen molar-refractivity contribution in [2.45, 2.75) is 47.0 Å². The largest absolute Gasteiger partial charge is 0.478 e. The molecule has 1 N–H and O–H groups in total. The minimum atomic E-state index is -0.917. The number of rotatable bonds is 4. The Labute approximate surface area is 116 Å².